The van der Waals surface area contributed by atoms with Gasteiger partial charge in [-0.05, 0) is 22.6 Å². The highest BCUT2D eigenvalue weighted by Gasteiger charge is 2.10. The number of hydrogen-bond acceptors (Lipinski definition) is 3. The van der Waals surface area contributed by atoms with Gasteiger partial charge in [-0.25, -0.2) is 13.1 Å². The number of carbonyl (C=O) groups excluding carboxylic acids is 1. The topological polar surface area (TPSA) is 63.2 Å². The maximum absolute atomic E-state index is 11.1. The molecule has 0 saturated carbocycles. The average molecular weight is 317 g/mol. The van der Waals surface area contributed by atoms with Crippen LogP contribution in [-0.4, -0.2) is 27.5 Å². The minimum Gasteiger partial charge on any atom is -0.298 e. The van der Waals surface area contributed by atoms with Crippen LogP contribution in [0.25, 0.3) is 11.1 Å². The number of benzene rings is 2. The Balaban J connectivity index is 2.18. The van der Waals surface area contributed by atoms with Crippen LogP contribution in [0.1, 0.15) is 28.8 Å². The molecule has 0 saturated heterocycles. The fourth-order valence-corrected chi connectivity index (χ4v) is 2.80. The molecule has 0 fully saturated rings. The third-order valence-corrected chi connectivity index (χ3v) is 4.22. The Morgan fingerprint density at radius 1 is 1.09 bits per heavy atom. The van der Waals surface area contributed by atoms with Crippen molar-refractivity contribution >= 4 is 16.3 Å². The minimum atomic E-state index is -3.18. The summed E-state index contributed by atoms with van der Waals surface area (Å²) in [6, 6.07) is 15.3. The van der Waals surface area contributed by atoms with Gasteiger partial charge in [0, 0.05) is 12.1 Å². The van der Waals surface area contributed by atoms with Gasteiger partial charge >= 0.3 is 0 Å². The van der Waals surface area contributed by atoms with Gasteiger partial charge in [0.25, 0.3) is 0 Å². The molecular formula is C17H19NO3S. The molecule has 0 aliphatic heterocycles. The molecule has 0 spiro atoms. The van der Waals surface area contributed by atoms with Crippen LogP contribution >= 0.6 is 0 Å². The third kappa shape index (κ3) is 4.26. The van der Waals surface area contributed by atoms with E-state index in [0.29, 0.717) is 12.1 Å². The molecule has 4 nitrogen and oxygen atoms in total. The van der Waals surface area contributed by atoms with Crippen molar-refractivity contribution in [3.63, 3.8) is 0 Å². The zero-order valence-corrected chi connectivity index (χ0v) is 13.4. The Kier molecular flexibility index (Phi) is 5.11. The number of aldehydes is 1. The van der Waals surface area contributed by atoms with Gasteiger partial charge in [0.15, 0.2) is 6.29 Å². The van der Waals surface area contributed by atoms with Gasteiger partial charge in [-0.15, -0.1) is 0 Å². The van der Waals surface area contributed by atoms with Crippen LogP contribution in [0.5, 0.6) is 0 Å². The van der Waals surface area contributed by atoms with Crippen LogP contribution < -0.4 is 4.72 Å². The summed E-state index contributed by atoms with van der Waals surface area (Å²) in [6.45, 7) is 2.33. The Bertz CT molecular complexity index is 752. The SMILES string of the molecule is CC(CNS(C)(=O)=O)c1ccc(-c2ccccc2C=O)cc1. The molecule has 2 aromatic rings. The highest BCUT2D eigenvalue weighted by molar-refractivity contribution is 7.88. The second kappa shape index (κ2) is 6.85. The molecule has 22 heavy (non-hydrogen) atoms. The molecule has 1 unspecified atom stereocenters. The monoisotopic (exact) mass is 317 g/mol. The van der Waals surface area contributed by atoms with Gasteiger partial charge in [0.05, 0.1) is 6.26 Å². The molecule has 2 rings (SSSR count). The van der Waals surface area contributed by atoms with Crippen molar-refractivity contribution < 1.29 is 13.2 Å². The Hall–Kier alpha value is -1.98. The predicted molar refractivity (Wildman–Crippen MR) is 88.5 cm³/mol. The lowest BCUT2D eigenvalue weighted by molar-refractivity contribution is 0.112. The largest absolute Gasteiger partial charge is 0.298 e. The second-order valence-electron chi connectivity index (χ2n) is 5.35. The van der Waals surface area contributed by atoms with Crippen LogP contribution in [-0.2, 0) is 10.0 Å². The smallest absolute Gasteiger partial charge is 0.208 e. The van der Waals surface area contributed by atoms with Crippen molar-refractivity contribution in [1.29, 1.82) is 0 Å². The van der Waals surface area contributed by atoms with Crippen molar-refractivity contribution in [2.45, 2.75) is 12.8 Å². The van der Waals surface area contributed by atoms with E-state index < -0.39 is 10.0 Å². The number of nitrogens with one attached hydrogen (secondary N) is 1. The first-order valence-electron chi connectivity index (χ1n) is 7.00. The summed E-state index contributed by atoms with van der Waals surface area (Å²) in [6.07, 6.45) is 2.00. The van der Waals surface area contributed by atoms with Crippen LogP contribution in [0.15, 0.2) is 48.5 Å². The summed E-state index contributed by atoms with van der Waals surface area (Å²) in [5, 5.41) is 0. The number of rotatable bonds is 6. The number of hydrogen-bond donors (Lipinski definition) is 1. The second-order valence-corrected chi connectivity index (χ2v) is 7.18. The maximum atomic E-state index is 11.1. The molecule has 0 aromatic heterocycles. The highest BCUT2D eigenvalue weighted by atomic mass is 32.2. The molecule has 0 amide bonds. The first-order chi connectivity index (χ1) is 10.4. The van der Waals surface area contributed by atoms with Crippen LogP contribution in [0.4, 0.5) is 0 Å². The fourth-order valence-electron chi connectivity index (χ4n) is 2.25. The standard InChI is InChI=1S/C17H19NO3S/c1-13(11-18-22(2,20)21)14-7-9-15(10-8-14)17-6-4-3-5-16(17)12-19/h3-10,12-13,18H,11H2,1-2H3. The summed E-state index contributed by atoms with van der Waals surface area (Å²) >= 11 is 0. The van der Waals surface area contributed by atoms with E-state index in [2.05, 4.69) is 4.72 Å². The van der Waals surface area contributed by atoms with Crippen molar-refractivity contribution in [1.82, 2.24) is 4.72 Å². The van der Waals surface area contributed by atoms with E-state index in [1.54, 1.807) is 6.07 Å². The van der Waals surface area contributed by atoms with Gasteiger partial charge in [-0.3, -0.25) is 4.79 Å². The molecule has 5 heteroatoms. The zero-order chi connectivity index (χ0) is 16.2. The molecule has 1 N–H and O–H groups in total. The van der Waals surface area contributed by atoms with E-state index in [4.69, 9.17) is 0 Å². The van der Waals surface area contributed by atoms with Gasteiger partial charge in [-0.2, -0.15) is 0 Å². The Morgan fingerprint density at radius 3 is 2.32 bits per heavy atom. The summed E-state index contributed by atoms with van der Waals surface area (Å²) in [4.78, 5) is 11.1. The van der Waals surface area contributed by atoms with E-state index in [-0.39, 0.29) is 5.92 Å². The molecule has 1 atom stereocenters. The molecular weight excluding hydrogens is 298 g/mol. The van der Waals surface area contributed by atoms with Crippen LogP contribution in [0, 0.1) is 0 Å². The molecule has 2 aromatic carbocycles. The molecule has 0 aliphatic carbocycles. The first kappa shape index (κ1) is 16.4. The quantitative estimate of drug-likeness (QED) is 0.833. The fraction of sp³-hybridized carbons (Fsp3) is 0.235. The first-order valence-corrected chi connectivity index (χ1v) is 8.89. The summed E-state index contributed by atoms with van der Waals surface area (Å²) in [7, 11) is -3.18. The van der Waals surface area contributed by atoms with E-state index in [1.807, 2.05) is 49.4 Å². The van der Waals surface area contributed by atoms with E-state index in [9.17, 15) is 13.2 Å². The van der Waals surface area contributed by atoms with Crippen molar-refractivity contribution in [2.75, 3.05) is 12.8 Å². The van der Waals surface area contributed by atoms with E-state index in [0.717, 1.165) is 29.2 Å². The Labute approximate surface area is 131 Å². The zero-order valence-electron chi connectivity index (χ0n) is 12.6. The van der Waals surface area contributed by atoms with Gasteiger partial charge in [0.1, 0.15) is 0 Å². The summed E-state index contributed by atoms with van der Waals surface area (Å²) in [5.74, 6) is 0.0742. The lowest BCUT2D eigenvalue weighted by atomic mass is 9.96. The lowest BCUT2D eigenvalue weighted by Crippen LogP contribution is -2.26. The van der Waals surface area contributed by atoms with E-state index in [1.165, 1.54) is 0 Å². The highest BCUT2D eigenvalue weighted by Crippen LogP contribution is 2.25. The molecule has 116 valence electrons. The summed E-state index contributed by atoms with van der Waals surface area (Å²) < 4.78 is 24.8. The van der Waals surface area contributed by atoms with Crippen molar-refractivity contribution in [2.24, 2.45) is 0 Å². The number of carbonyl (C=O) groups is 1. The van der Waals surface area contributed by atoms with Crippen LogP contribution in [0.2, 0.25) is 0 Å². The Morgan fingerprint density at radius 2 is 1.73 bits per heavy atom. The number of sulfonamides is 1. The van der Waals surface area contributed by atoms with E-state index >= 15 is 0 Å². The molecule has 0 heterocycles. The minimum absolute atomic E-state index is 0.0742. The van der Waals surface area contributed by atoms with Crippen molar-refractivity contribution in [3.05, 3.63) is 59.7 Å². The molecule has 0 bridgehead atoms. The van der Waals surface area contributed by atoms with Crippen LogP contribution in [0.3, 0.4) is 0 Å². The molecule has 0 radical (unpaired) electrons. The summed E-state index contributed by atoms with van der Waals surface area (Å²) in [5.41, 5.74) is 3.56. The van der Waals surface area contributed by atoms with Gasteiger partial charge in [-0.1, -0.05) is 55.5 Å². The normalized spacial score (nSPS) is 12.8. The third-order valence-electron chi connectivity index (χ3n) is 3.53. The predicted octanol–water partition coefficient (Wildman–Crippen LogP) is 2.82. The lowest BCUT2D eigenvalue weighted by Gasteiger charge is -2.13. The maximum Gasteiger partial charge on any atom is 0.208 e. The van der Waals surface area contributed by atoms with Gasteiger partial charge < -0.3 is 0 Å². The van der Waals surface area contributed by atoms with Crippen molar-refractivity contribution in [3.8, 4) is 11.1 Å². The molecule has 0 aliphatic rings. The average Bonchev–Trinajstić information content (AvgIpc) is 2.52. The van der Waals surface area contributed by atoms with Gasteiger partial charge in [0.2, 0.25) is 10.0 Å².